The Morgan fingerprint density at radius 3 is 2.76 bits per heavy atom. The lowest BCUT2D eigenvalue weighted by Crippen LogP contribution is -2.38. The number of esters is 1. The van der Waals surface area contributed by atoms with Gasteiger partial charge in [0.15, 0.2) is 0 Å². The fourth-order valence-corrected chi connectivity index (χ4v) is 1.22. The van der Waals surface area contributed by atoms with Crippen molar-refractivity contribution in [3.05, 3.63) is 6.33 Å². The first-order valence-corrected chi connectivity index (χ1v) is 5.06. The van der Waals surface area contributed by atoms with Crippen LogP contribution in [0.25, 0.3) is 0 Å². The van der Waals surface area contributed by atoms with E-state index in [1.165, 1.54) is 23.0 Å². The molecule has 0 saturated carbocycles. The number of nitrogens with two attached hydrogens (primary N) is 1. The fourth-order valence-electron chi connectivity index (χ4n) is 1.22. The molecular weight excluding hydrogens is 226 g/mol. The fraction of sp³-hybridized carbons (Fsp3) is 0.556. The van der Waals surface area contributed by atoms with E-state index in [0.717, 1.165) is 0 Å². The molecule has 0 aromatic carbocycles. The summed E-state index contributed by atoms with van der Waals surface area (Å²) in [6.45, 7) is 2.11. The van der Waals surface area contributed by atoms with Crippen LogP contribution in [0.5, 0.6) is 0 Å². The van der Waals surface area contributed by atoms with Crippen molar-refractivity contribution in [2.24, 2.45) is 0 Å². The average molecular weight is 241 g/mol. The first kappa shape index (κ1) is 12.9. The van der Waals surface area contributed by atoms with Gasteiger partial charge >= 0.3 is 5.97 Å². The number of likely N-dealkylation sites (N-methyl/N-ethyl adjacent to an activating group) is 1. The molecule has 8 heteroatoms. The monoisotopic (exact) mass is 241 g/mol. The minimum atomic E-state index is -0.460. The van der Waals surface area contributed by atoms with Gasteiger partial charge in [-0.15, -0.1) is 5.10 Å². The van der Waals surface area contributed by atoms with Gasteiger partial charge in [-0.1, -0.05) is 0 Å². The molecule has 0 aliphatic rings. The third-order valence-electron chi connectivity index (χ3n) is 2.13. The Labute approximate surface area is 98.3 Å². The van der Waals surface area contributed by atoms with Gasteiger partial charge in [-0.2, -0.15) is 0 Å². The van der Waals surface area contributed by atoms with Crippen LogP contribution in [0.4, 0.5) is 5.95 Å². The molecule has 1 heterocycles. The van der Waals surface area contributed by atoms with Crippen molar-refractivity contribution in [2.45, 2.75) is 13.5 Å². The lowest BCUT2D eigenvalue weighted by Gasteiger charge is -2.18. The second-order valence-corrected chi connectivity index (χ2v) is 3.28. The van der Waals surface area contributed by atoms with Gasteiger partial charge in [-0.25, -0.2) is 9.67 Å². The molecule has 0 unspecified atom stereocenters. The Balaban J connectivity index is 2.57. The maximum absolute atomic E-state index is 11.8. The summed E-state index contributed by atoms with van der Waals surface area (Å²) in [5.41, 5.74) is 5.32. The van der Waals surface area contributed by atoms with Crippen molar-refractivity contribution in [1.82, 2.24) is 19.7 Å². The number of amides is 1. The van der Waals surface area contributed by atoms with Crippen LogP contribution < -0.4 is 5.73 Å². The topological polar surface area (TPSA) is 103 Å². The number of aromatic nitrogens is 3. The molecule has 0 spiro atoms. The van der Waals surface area contributed by atoms with Crippen LogP contribution in [0.1, 0.15) is 6.92 Å². The van der Waals surface area contributed by atoms with Gasteiger partial charge in [0.25, 0.3) is 0 Å². The number of hydrogen-bond donors (Lipinski definition) is 1. The van der Waals surface area contributed by atoms with Gasteiger partial charge in [-0.05, 0) is 6.92 Å². The molecule has 94 valence electrons. The zero-order valence-electron chi connectivity index (χ0n) is 9.79. The van der Waals surface area contributed by atoms with E-state index >= 15 is 0 Å². The van der Waals surface area contributed by atoms with Crippen molar-refractivity contribution in [3.63, 3.8) is 0 Å². The van der Waals surface area contributed by atoms with Gasteiger partial charge in [0.05, 0.1) is 7.11 Å². The van der Waals surface area contributed by atoms with E-state index in [1.807, 2.05) is 0 Å². The van der Waals surface area contributed by atoms with E-state index in [-0.39, 0.29) is 24.9 Å². The molecule has 17 heavy (non-hydrogen) atoms. The Bertz CT molecular complexity index is 403. The van der Waals surface area contributed by atoms with Crippen molar-refractivity contribution in [1.29, 1.82) is 0 Å². The van der Waals surface area contributed by atoms with E-state index in [2.05, 4.69) is 14.8 Å². The van der Waals surface area contributed by atoms with Crippen LogP contribution in [-0.4, -0.2) is 51.7 Å². The minimum Gasteiger partial charge on any atom is -0.468 e. The summed E-state index contributed by atoms with van der Waals surface area (Å²) in [4.78, 5) is 27.9. The molecule has 2 N–H and O–H groups in total. The summed E-state index contributed by atoms with van der Waals surface area (Å²) in [7, 11) is 1.28. The summed E-state index contributed by atoms with van der Waals surface area (Å²) in [6, 6.07) is 0. The number of carbonyl (C=O) groups excluding carboxylic acids is 2. The highest BCUT2D eigenvalue weighted by molar-refractivity contribution is 5.81. The smallest absolute Gasteiger partial charge is 0.325 e. The molecule has 1 rings (SSSR count). The highest BCUT2D eigenvalue weighted by Crippen LogP contribution is 1.96. The van der Waals surface area contributed by atoms with Crippen LogP contribution in [0.2, 0.25) is 0 Å². The summed E-state index contributed by atoms with van der Waals surface area (Å²) in [5, 5.41) is 3.79. The van der Waals surface area contributed by atoms with Gasteiger partial charge in [0.2, 0.25) is 11.9 Å². The lowest BCUT2D eigenvalue weighted by atomic mass is 10.4. The van der Waals surface area contributed by atoms with E-state index in [0.29, 0.717) is 6.54 Å². The lowest BCUT2D eigenvalue weighted by molar-refractivity contribution is -0.147. The first-order chi connectivity index (χ1) is 8.06. The van der Waals surface area contributed by atoms with Crippen LogP contribution in [-0.2, 0) is 20.9 Å². The molecular formula is C9H15N5O3. The maximum Gasteiger partial charge on any atom is 0.325 e. The Hall–Kier alpha value is -2.12. The predicted octanol–water partition coefficient (Wildman–Crippen LogP) is -1.12. The quantitative estimate of drug-likeness (QED) is 0.655. The molecule has 0 saturated heterocycles. The normalized spacial score (nSPS) is 10.0. The number of nitrogens with zero attached hydrogens (tertiary/aromatic N) is 4. The summed E-state index contributed by atoms with van der Waals surface area (Å²) >= 11 is 0. The summed E-state index contributed by atoms with van der Waals surface area (Å²) in [6.07, 6.45) is 1.36. The van der Waals surface area contributed by atoms with E-state index in [1.54, 1.807) is 6.92 Å². The number of rotatable bonds is 5. The van der Waals surface area contributed by atoms with E-state index in [4.69, 9.17) is 5.73 Å². The number of anilines is 1. The third kappa shape index (κ3) is 3.74. The van der Waals surface area contributed by atoms with Gasteiger partial charge in [0, 0.05) is 6.54 Å². The molecule has 1 aromatic rings. The second kappa shape index (κ2) is 5.83. The van der Waals surface area contributed by atoms with Crippen LogP contribution in [0.3, 0.4) is 0 Å². The third-order valence-corrected chi connectivity index (χ3v) is 2.13. The zero-order chi connectivity index (χ0) is 12.8. The second-order valence-electron chi connectivity index (χ2n) is 3.28. The molecule has 0 aliphatic heterocycles. The molecule has 0 fully saturated rings. The predicted molar refractivity (Wildman–Crippen MR) is 58.7 cm³/mol. The van der Waals surface area contributed by atoms with E-state index in [9.17, 15) is 9.59 Å². The van der Waals surface area contributed by atoms with E-state index < -0.39 is 5.97 Å². The number of carbonyl (C=O) groups is 2. The largest absolute Gasteiger partial charge is 0.468 e. The van der Waals surface area contributed by atoms with Crippen LogP contribution in [0, 0.1) is 0 Å². The van der Waals surface area contributed by atoms with Gasteiger partial charge in [0.1, 0.15) is 19.4 Å². The van der Waals surface area contributed by atoms with Crippen LogP contribution in [0.15, 0.2) is 6.33 Å². The first-order valence-electron chi connectivity index (χ1n) is 5.06. The molecule has 0 radical (unpaired) electrons. The molecule has 0 bridgehead atoms. The summed E-state index contributed by atoms with van der Waals surface area (Å²) in [5.74, 6) is -0.602. The maximum atomic E-state index is 11.8. The summed E-state index contributed by atoms with van der Waals surface area (Å²) < 4.78 is 5.82. The highest BCUT2D eigenvalue weighted by Gasteiger charge is 2.16. The Kier molecular flexibility index (Phi) is 4.44. The standard InChI is InChI=1S/C9H15N5O3/c1-3-13(5-8(16)17-2)7(15)4-14-6-11-9(10)12-14/h6H,3-5H2,1-2H3,(H2,10,12). The Morgan fingerprint density at radius 1 is 1.59 bits per heavy atom. The Morgan fingerprint density at radius 2 is 2.29 bits per heavy atom. The van der Waals surface area contributed by atoms with Gasteiger partial charge in [-0.3, -0.25) is 9.59 Å². The molecule has 1 aromatic heterocycles. The zero-order valence-corrected chi connectivity index (χ0v) is 9.79. The number of ether oxygens (including phenoxy) is 1. The SMILES string of the molecule is CCN(CC(=O)OC)C(=O)Cn1cnc(N)n1. The highest BCUT2D eigenvalue weighted by atomic mass is 16.5. The molecule has 1 amide bonds. The molecule has 0 atom stereocenters. The van der Waals surface area contributed by atoms with Crippen molar-refractivity contribution in [2.75, 3.05) is 25.9 Å². The average Bonchev–Trinajstić information content (AvgIpc) is 2.70. The molecule has 0 aliphatic carbocycles. The van der Waals surface area contributed by atoms with Gasteiger partial charge < -0.3 is 15.4 Å². The number of nitrogen functional groups attached to an aromatic ring is 1. The number of hydrogen-bond acceptors (Lipinski definition) is 6. The van der Waals surface area contributed by atoms with Crippen molar-refractivity contribution >= 4 is 17.8 Å². The molecule has 8 nitrogen and oxygen atoms in total. The minimum absolute atomic E-state index is 0.00493. The van der Waals surface area contributed by atoms with Crippen molar-refractivity contribution < 1.29 is 14.3 Å². The van der Waals surface area contributed by atoms with Crippen molar-refractivity contribution in [3.8, 4) is 0 Å². The van der Waals surface area contributed by atoms with Crippen LogP contribution >= 0.6 is 0 Å². The number of methoxy groups -OCH3 is 1.